The topological polar surface area (TPSA) is 54.7 Å². The average Bonchev–Trinajstić information content (AvgIpc) is 2.46. The Morgan fingerprint density at radius 3 is 2.84 bits per heavy atom. The summed E-state index contributed by atoms with van der Waals surface area (Å²) in [5, 5.41) is 9.14. The molecule has 1 aromatic heterocycles. The summed E-state index contributed by atoms with van der Waals surface area (Å²) in [7, 11) is 1.55. The van der Waals surface area contributed by atoms with Gasteiger partial charge in [0.05, 0.1) is 19.4 Å². The summed E-state index contributed by atoms with van der Waals surface area (Å²) in [4.78, 5) is 7.78. The van der Waals surface area contributed by atoms with E-state index in [4.69, 9.17) is 9.84 Å². The Balaban J connectivity index is 2.24. The van der Waals surface area contributed by atoms with Gasteiger partial charge in [0.25, 0.3) is 0 Å². The van der Waals surface area contributed by atoms with Gasteiger partial charge in [-0.3, -0.25) is 4.99 Å². The predicted molar refractivity (Wildman–Crippen MR) is 70.4 cm³/mol. The number of aliphatic hydroxyl groups excluding tert-OH is 1. The third-order valence-corrected chi connectivity index (χ3v) is 2.48. The first-order valence-corrected chi connectivity index (χ1v) is 5.65. The average molecular weight is 260 g/mol. The van der Waals surface area contributed by atoms with Crippen molar-refractivity contribution in [1.82, 2.24) is 4.98 Å². The second-order valence-corrected chi connectivity index (χ2v) is 3.87. The van der Waals surface area contributed by atoms with Crippen LogP contribution in [0.1, 0.15) is 11.1 Å². The Morgan fingerprint density at radius 1 is 1.37 bits per heavy atom. The molecule has 0 unspecified atom stereocenters. The fraction of sp³-hybridized carbons (Fsp3) is 0.143. The molecule has 0 fully saturated rings. The Morgan fingerprint density at radius 2 is 2.21 bits per heavy atom. The summed E-state index contributed by atoms with van der Waals surface area (Å²) in [5.41, 5.74) is 2.05. The molecule has 4 nitrogen and oxygen atoms in total. The molecule has 0 atom stereocenters. The maximum atomic E-state index is 12.6. The highest BCUT2D eigenvalue weighted by atomic mass is 19.1. The van der Waals surface area contributed by atoms with Crippen LogP contribution in [0.15, 0.2) is 41.5 Å². The molecule has 19 heavy (non-hydrogen) atoms. The van der Waals surface area contributed by atoms with Crippen molar-refractivity contribution in [2.24, 2.45) is 4.99 Å². The summed E-state index contributed by atoms with van der Waals surface area (Å²) >= 11 is 0. The van der Waals surface area contributed by atoms with Crippen LogP contribution in [0.5, 0.6) is 5.75 Å². The lowest BCUT2D eigenvalue weighted by Gasteiger charge is -2.04. The Kier molecular flexibility index (Phi) is 4.20. The number of rotatable bonds is 4. The normalized spacial score (nSPS) is 10.9. The zero-order valence-corrected chi connectivity index (χ0v) is 10.4. The van der Waals surface area contributed by atoms with Crippen molar-refractivity contribution in [3.05, 3.63) is 53.6 Å². The van der Waals surface area contributed by atoms with Gasteiger partial charge in [0.15, 0.2) is 0 Å². The highest BCUT2D eigenvalue weighted by Gasteiger charge is 1.99. The van der Waals surface area contributed by atoms with Gasteiger partial charge in [0, 0.05) is 24.0 Å². The van der Waals surface area contributed by atoms with E-state index in [2.05, 4.69) is 9.98 Å². The van der Waals surface area contributed by atoms with Crippen molar-refractivity contribution in [2.75, 3.05) is 7.11 Å². The maximum absolute atomic E-state index is 12.6. The number of halogens is 1. The number of methoxy groups -OCH3 is 1. The molecular formula is C14H13FN2O2. The molecule has 2 rings (SSSR count). The lowest BCUT2D eigenvalue weighted by Crippen LogP contribution is -1.88. The van der Waals surface area contributed by atoms with Crippen LogP contribution in [0.2, 0.25) is 0 Å². The minimum absolute atomic E-state index is 0.0855. The number of aromatic nitrogens is 1. The second kappa shape index (κ2) is 6.06. The highest BCUT2D eigenvalue weighted by Crippen LogP contribution is 2.23. The second-order valence-electron chi connectivity index (χ2n) is 3.87. The van der Waals surface area contributed by atoms with Crippen LogP contribution in [0.4, 0.5) is 10.1 Å². The molecule has 0 aliphatic heterocycles. The summed E-state index contributed by atoms with van der Waals surface area (Å²) in [6, 6.07) is 8.08. The molecular weight excluding hydrogens is 247 g/mol. The number of aliphatic imine (C=N–C) groups is 1. The summed E-state index contributed by atoms with van der Waals surface area (Å²) in [6.45, 7) is -0.0855. The summed E-state index contributed by atoms with van der Waals surface area (Å²) in [5.74, 6) is 0.0945. The van der Waals surface area contributed by atoms with E-state index < -0.39 is 5.95 Å². The van der Waals surface area contributed by atoms with E-state index in [1.165, 1.54) is 12.3 Å². The number of benzene rings is 1. The van der Waals surface area contributed by atoms with Crippen molar-refractivity contribution in [3.8, 4) is 5.75 Å². The van der Waals surface area contributed by atoms with Crippen LogP contribution in [0.3, 0.4) is 0 Å². The number of hydrogen-bond acceptors (Lipinski definition) is 4. The standard InChI is InChI=1S/C14H13FN2O2/c1-19-13-5-11(9-18)4-12(6-13)16-7-10-2-3-14(15)17-8-10/h2-8,18H,9H2,1H3. The monoisotopic (exact) mass is 260 g/mol. The van der Waals surface area contributed by atoms with E-state index in [9.17, 15) is 4.39 Å². The Labute approximate surface area is 110 Å². The van der Waals surface area contributed by atoms with Crippen LogP contribution in [0, 0.1) is 5.95 Å². The Bertz CT molecular complexity index is 560. The van der Waals surface area contributed by atoms with E-state index in [1.54, 1.807) is 37.6 Å². The van der Waals surface area contributed by atoms with Crippen molar-refractivity contribution in [2.45, 2.75) is 6.61 Å². The fourth-order valence-electron chi connectivity index (χ4n) is 1.54. The first-order valence-electron chi connectivity index (χ1n) is 5.65. The minimum Gasteiger partial charge on any atom is -0.497 e. The van der Waals surface area contributed by atoms with E-state index in [1.807, 2.05) is 0 Å². The van der Waals surface area contributed by atoms with Crippen molar-refractivity contribution in [3.63, 3.8) is 0 Å². The lowest BCUT2D eigenvalue weighted by molar-refractivity contribution is 0.281. The van der Waals surface area contributed by atoms with Crippen LogP contribution in [-0.4, -0.2) is 23.4 Å². The molecule has 0 amide bonds. The zero-order valence-electron chi connectivity index (χ0n) is 10.4. The van der Waals surface area contributed by atoms with E-state index in [0.29, 0.717) is 22.6 Å². The maximum Gasteiger partial charge on any atom is 0.212 e. The molecule has 5 heteroatoms. The number of hydrogen-bond donors (Lipinski definition) is 1. The molecule has 0 aliphatic carbocycles. The lowest BCUT2D eigenvalue weighted by atomic mass is 10.2. The molecule has 0 radical (unpaired) electrons. The highest BCUT2D eigenvalue weighted by molar-refractivity contribution is 5.81. The molecule has 1 heterocycles. The summed E-state index contributed by atoms with van der Waals surface area (Å²) < 4.78 is 17.8. The van der Waals surface area contributed by atoms with Gasteiger partial charge in [-0.25, -0.2) is 4.98 Å². The SMILES string of the molecule is COc1cc(CO)cc(N=Cc2ccc(F)nc2)c1. The van der Waals surface area contributed by atoms with Crippen LogP contribution in [0.25, 0.3) is 0 Å². The number of aliphatic hydroxyl groups is 1. The minimum atomic E-state index is -0.527. The molecule has 0 saturated carbocycles. The summed E-state index contributed by atoms with van der Waals surface area (Å²) in [6.07, 6.45) is 2.97. The van der Waals surface area contributed by atoms with Gasteiger partial charge >= 0.3 is 0 Å². The molecule has 0 bridgehead atoms. The number of ether oxygens (including phenoxy) is 1. The van der Waals surface area contributed by atoms with Crippen LogP contribution in [-0.2, 0) is 6.61 Å². The Hall–Kier alpha value is -2.27. The van der Waals surface area contributed by atoms with Gasteiger partial charge in [-0.05, 0) is 29.8 Å². The van der Waals surface area contributed by atoms with Gasteiger partial charge in [-0.2, -0.15) is 4.39 Å². The van der Waals surface area contributed by atoms with Gasteiger partial charge in [-0.15, -0.1) is 0 Å². The van der Waals surface area contributed by atoms with Crippen molar-refractivity contribution < 1.29 is 14.2 Å². The molecule has 0 spiro atoms. The quantitative estimate of drug-likeness (QED) is 0.678. The molecule has 0 saturated heterocycles. The molecule has 1 N–H and O–H groups in total. The number of pyridine rings is 1. The van der Waals surface area contributed by atoms with E-state index >= 15 is 0 Å². The largest absolute Gasteiger partial charge is 0.497 e. The van der Waals surface area contributed by atoms with Crippen LogP contribution >= 0.6 is 0 Å². The zero-order chi connectivity index (χ0) is 13.7. The van der Waals surface area contributed by atoms with E-state index in [0.717, 1.165) is 0 Å². The van der Waals surface area contributed by atoms with Crippen LogP contribution < -0.4 is 4.74 Å². The molecule has 2 aromatic rings. The smallest absolute Gasteiger partial charge is 0.212 e. The third-order valence-electron chi connectivity index (χ3n) is 2.48. The fourth-order valence-corrected chi connectivity index (χ4v) is 1.54. The van der Waals surface area contributed by atoms with Gasteiger partial charge < -0.3 is 9.84 Å². The van der Waals surface area contributed by atoms with Gasteiger partial charge in [0.1, 0.15) is 5.75 Å². The molecule has 0 aliphatic rings. The number of nitrogens with zero attached hydrogens (tertiary/aromatic N) is 2. The van der Waals surface area contributed by atoms with Crippen molar-refractivity contribution in [1.29, 1.82) is 0 Å². The van der Waals surface area contributed by atoms with Crippen molar-refractivity contribution >= 4 is 11.9 Å². The van der Waals surface area contributed by atoms with Gasteiger partial charge in [-0.1, -0.05) is 0 Å². The third kappa shape index (κ3) is 3.59. The van der Waals surface area contributed by atoms with E-state index in [-0.39, 0.29) is 6.61 Å². The molecule has 98 valence electrons. The molecule has 1 aromatic carbocycles. The first kappa shape index (κ1) is 13.2. The first-order chi connectivity index (χ1) is 9.21. The predicted octanol–water partition coefficient (Wildman–Crippen LogP) is 2.47. The van der Waals surface area contributed by atoms with Gasteiger partial charge in [0.2, 0.25) is 5.95 Å².